The van der Waals surface area contributed by atoms with Crippen LogP contribution in [-0.2, 0) is 9.31 Å². The fraction of sp³-hybridized carbons (Fsp3) is 0.875. The molecule has 0 radical (unpaired) electrons. The molecule has 1 heterocycles. The van der Waals surface area contributed by atoms with Crippen molar-refractivity contribution in [3.8, 4) is 0 Å². The average molecular weight is 262 g/mol. The number of hydrogen-bond donors (Lipinski definition) is 0. The van der Waals surface area contributed by atoms with E-state index in [0.29, 0.717) is 0 Å². The topological polar surface area (TPSA) is 18.5 Å². The lowest BCUT2D eigenvalue weighted by Crippen LogP contribution is -2.41. The second-order valence-electron chi connectivity index (χ2n) is 7.55. The summed E-state index contributed by atoms with van der Waals surface area (Å²) in [5.74, 6) is 3.97. The minimum absolute atomic E-state index is 0.138. The average Bonchev–Trinajstić information content (AvgIpc) is 2.28. The molecule has 0 N–H and O–H groups in total. The van der Waals surface area contributed by atoms with Crippen LogP contribution in [0, 0.1) is 11.8 Å². The van der Waals surface area contributed by atoms with Crippen LogP contribution in [-0.4, -0.2) is 18.3 Å². The maximum Gasteiger partial charge on any atom is 0.487 e. The van der Waals surface area contributed by atoms with Gasteiger partial charge < -0.3 is 9.31 Å². The van der Waals surface area contributed by atoms with Crippen LogP contribution in [0.3, 0.4) is 0 Å². The molecule has 1 saturated heterocycles. The fourth-order valence-electron chi connectivity index (χ4n) is 3.20. The first-order valence-corrected chi connectivity index (χ1v) is 7.96. The monoisotopic (exact) mass is 262 g/mol. The smallest absolute Gasteiger partial charge is 0.400 e. The molecule has 3 heteroatoms. The van der Waals surface area contributed by atoms with Crippen molar-refractivity contribution in [3.63, 3.8) is 0 Å². The molecule has 3 aliphatic rings. The summed E-state index contributed by atoms with van der Waals surface area (Å²) in [6.07, 6.45) is 8.31. The molecule has 0 atom stereocenters. The lowest BCUT2D eigenvalue weighted by Gasteiger charge is -2.38. The molecule has 0 bridgehead atoms. The number of hydrogen-bond acceptors (Lipinski definition) is 2. The highest BCUT2D eigenvalue weighted by molar-refractivity contribution is 6.51. The van der Waals surface area contributed by atoms with E-state index in [1.165, 1.54) is 38.5 Å². The molecule has 3 fully saturated rings. The van der Waals surface area contributed by atoms with Gasteiger partial charge in [0.1, 0.15) is 0 Å². The van der Waals surface area contributed by atoms with Crippen molar-refractivity contribution in [2.75, 3.05) is 0 Å². The second-order valence-corrected chi connectivity index (χ2v) is 7.55. The predicted octanol–water partition coefficient (Wildman–Crippen LogP) is 4.14. The molecule has 0 unspecified atom stereocenters. The van der Waals surface area contributed by atoms with Gasteiger partial charge in [-0.25, -0.2) is 0 Å². The molecule has 0 aromatic rings. The lowest BCUT2D eigenvalue weighted by atomic mass is 9.65. The SMILES string of the molecule is CC1(C)OB(C=C(C2CCC2)C2CCC2)OC1(C)C. The van der Waals surface area contributed by atoms with E-state index in [1.54, 1.807) is 5.57 Å². The Kier molecular flexibility index (Phi) is 3.34. The highest BCUT2D eigenvalue weighted by Gasteiger charge is 2.50. The molecule has 19 heavy (non-hydrogen) atoms. The molecule has 0 aromatic carbocycles. The van der Waals surface area contributed by atoms with Crippen molar-refractivity contribution in [2.24, 2.45) is 11.8 Å². The summed E-state index contributed by atoms with van der Waals surface area (Å²) in [5.41, 5.74) is 1.23. The molecule has 2 saturated carbocycles. The Bertz CT molecular complexity index is 346. The summed E-state index contributed by atoms with van der Waals surface area (Å²) < 4.78 is 12.3. The molecule has 0 amide bonds. The zero-order valence-corrected chi connectivity index (χ0v) is 12.9. The van der Waals surface area contributed by atoms with Crippen LogP contribution in [0.25, 0.3) is 0 Å². The number of rotatable bonds is 3. The molecule has 1 aliphatic heterocycles. The van der Waals surface area contributed by atoms with Crippen LogP contribution in [0.4, 0.5) is 0 Å². The van der Waals surface area contributed by atoms with Gasteiger partial charge in [0.2, 0.25) is 0 Å². The fourth-order valence-corrected chi connectivity index (χ4v) is 3.20. The summed E-state index contributed by atoms with van der Waals surface area (Å²) >= 11 is 0. The first-order chi connectivity index (χ1) is 8.89. The van der Waals surface area contributed by atoms with Gasteiger partial charge in [-0.1, -0.05) is 24.4 Å². The van der Waals surface area contributed by atoms with Gasteiger partial charge in [-0.15, -0.1) is 0 Å². The lowest BCUT2D eigenvalue weighted by molar-refractivity contribution is 0.00578. The largest absolute Gasteiger partial charge is 0.487 e. The highest BCUT2D eigenvalue weighted by atomic mass is 16.7. The molecule has 0 spiro atoms. The Morgan fingerprint density at radius 1 is 0.895 bits per heavy atom. The molecule has 2 nitrogen and oxygen atoms in total. The summed E-state index contributed by atoms with van der Waals surface area (Å²) in [6, 6.07) is 0. The third kappa shape index (κ3) is 2.40. The maximum atomic E-state index is 6.13. The van der Waals surface area contributed by atoms with Gasteiger partial charge >= 0.3 is 7.12 Å². The standard InChI is InChI=1S/C16H27BO2/c1-15(2)16(3,4)19-17(18-15)11-14(12-7-5-8-12)13-9-6-10-13/h11-13H,5-10H2,1-4H3. The zero-order chi connectivity index (χ0) is 13.7. The van der Waals surface area contributed by atoms with Crippen molar-refractivity contribution in [1.82, 2.24) is 0 Å². The van der Waals surface area contributed by atoms with Gasteiger partial charge in [0.05, 0.1) is 11.2 Å². The van der Waals surface area contributed by atoms with Gasteiger partial charge in [0.15, 0.2) is 0 Å². The van der Waals surface area contributed by atoms with E-state index >= 15 is 0 Å². The second kappa shape index (κ2) is 4.63. The van der Waals surface area contributed by atoms with Crippen molar-refractivity contribution in [3.05, 3.63) is 11.5 Å². The normalized spacial score (nSPS) is 29.8. The van der Waals surface area contributed by atoms with Crippen LogP contribution < -0.4 is 0 Å². The van der Waals surface area contributed by atoms with E-state index in [2.05, 4.69) is 33.7 Å². The van der Waals surface area contributed by atoms with Gasteiger partial charge in [-0.3, -0.25) is 0 Å². The van der Waals surface area contributed by atoms with E-state index in [-0.39, 0.29) is 18.3 Å². The van der Waals surface area contributed by atoms with Crippen LogP contribution in [0.2, 0.25) is 0 Å². The molecular weight excluding hydrogens is 235 g/mol. The first kappa shape index (κ1) is 13.7. The Morgan fingerprint density at radius 2 is 1.32 bits per heavy atom. The minimum atomic E-state index is -0.210. The predicted molar refractivity (Wildman–Crippen MR) is 78.8 cm³/mol. The van der Waals surface area contributed by atoms with Gasteiger partial charge in [0, 0.05) is 0 Å². The maximum absolute atomic E-state index is 6.13. The van der Waals surface area contributed by atoms with Gasteiger partial charge in [0.25, 0.3) is 0 Å². The Hall–Kier alpha value is -0.275. The van der Waals surface area contributed by atoms with Crippen molar-refractivity contribution < 1.29 is 9.31 Å². The summed E-state index contributed by atoms with van der Waals surface area (Å²) in [4.78, 5) is 0. The zero-order valence-electron chi connectivity index (χ0n) is 12.9. The summed E-state index contributed by atoms with van der Waals surface area (Å²) in [5, 5.41) is 0. The first-order valence-electron chi connectivity index (χ1n) is 7.96. The molecule has 3 rings (SSSR count). The van der Waals surface area contributed by atoms with Crippen molar-refractivity contribution >= 4 is 7.12 Å². The van der Waals surface area contributed by atoms with Crippen LogP contribution in [0.1, 0.15) is 66.2 Å². The number of allylic oxidation sites excluding steroid dienone is 1. The van der Waals surface area contributed by atoms with Crippen LogP contribution in [0.5, 0.6) is 0 Å². The summed E-state index contributed by atoms with van der Waals surface area (Å²) in [6.45, 7) is 8.53. The Balaban J connectivity index is 1.75. The van der Waals surface area contributed by atoms with Crippen molar-refractivity contribution in [1.29, 1.82) is 0 Å². The van der Waals surface area contributed by atoms with Gasteiger partial charge in [-0.2, -0.15) is 0 Å². The highest BCUT2D eigenvalue weighted by Crippen LogP contribution is 2.45. The third-order valence-electron chi connectivity index (χ3n) is 5.75. The Morgan fingerprint density at radius 3 is 1.63 bits per heavy atom. The summed E-state index contributed by atoms with van der Waals surface area (Å²) in [7, 11) is -0.138. The van der Waals surface area contributed by atoms with E-state index in [9.17, 15) is 0 Å². The Labute approximate surface area is 118 Å². The van der Waals surface area contributed by atoms with E-state index in [1.807, 2.05) is 0 Å². The van der Waals surface area contributed by atoms with Crippen LogP contribution in [0.15, 0.2) is 11.5 Å². The van der Waals surface area contributed by atoms with Crippen molar-refractivity contribution in [2.45, 2.75) is 77.4 Å². The third-order valence-corrected chi connectivity index (χ3v) is 5.75. The van der Waals surface area contributed by atoms with Crippen LogP contribution >= 0.6 is 0 Å². The van der Waals surface area contributed by atoms with Gasteiger partial charge in [-0.05, 0) is 65.2 Å². The molecule has 2 aliphatic carbocycles. The minimum Gasteiger partial charge on any atom is -0.400 e. The molecule has 0 aromatic heterocycles. The van der Waals surface area contributed by atoms with E-state index in [0.717, 1.165) is 11.8 Å². The molecule has 106 valence electrons. The van der Waals surface area contributed by atoms with E-state index < -0.39 is 0 Å². The molecular formula is C16H27BO2. The quantitative estimate of drug-likeness (QED) is 0.711. The van der Waals surface area contributed by atoms with E-state index in [4.69, 9.17) is 9.31 Å².